The first-order valence-electron chi connectivity index (χ1n) is 6.04. The molecule has 96 valence electrons. The highest BCUT2D eigenvalue weighted by Crippen LogP contribution is 2.35. The van der Waals surface area contributed by atoms with Crippen LogP contribution in [-0.4, -0.2) is 17.6 Å². The third-order valence-electron chi connectivity index (χ3n) is 3.07. The van der Waals surface area contributed by atoms with Crippen LogP contribution in [0, 0.1) is 0 Å². The van der Waals surface area contributed by atoms with Gasteiger partial charge >= 0.3 is 0 Å². The first kappa shape index (κ1) is 11.6. The van der Waals surface area contributed by atoms with Gasteiger partial charge in [0.1, 0.15) is 11.5 Å². The van der Waals surface area contributed by atoms with E-state index >= 15 is 0 Å². The van der Waals surface area contributed by atoms with Gasteiger partial charge in [-0.05, 0) is 17.7 Å². The molecule has 0 atom stereocenters. The maximum Gasteiger partial charge on any atom is 0.265 e. The summed E-state index contributed by atoms with van der Waals surface area (Å²) in [7, 11) is 0. The molecule has 0 bridgehead atoms. The summed E-state index contributed by atoms with van der Waals surface area (Å²) in [6.45, 7) is 0.504. The number of aromatic hydroxyl groups is 1. The lowest BCUT2D eigenvalue weighted by molar-refractivity contribution is -0.121. The number of amides is 1. The quantitative estimate of drug-likeness (QED) is 0.896. The third-order valence-corrected chi connectivity index (χ3v) is 3.07. The van der Waals surface area contributed by atoms with Crippen LogP contribution in [0.25, 0.3) is 0 Å². The fraction of sp³-hybridized carbons (Fsp3) is 0.133. The lowest BCUT2D eigenvalue weighted by Gasteiger charge is -2.29. The second-order valence-electron chi connectivity index (χ2n) is 4.41. The number of hydrogen-bond acceptors (Lipinski definition) is 3. The van der Waals surface area contributed by atoms with Gasteiger partial charge < -0.3 is 14.7 Å². The summed E-state index contributed by atoms with van der Waals surface area (Å²) >= 11 is 0. The molecule has 0 fully saturated rings. The Labute approximate surface area is 110 Å². The van der Waals surface area contributed by atoms with Gasteiger partial charge in [0.15, 0.2) is 6.61 Å². The molecule has 1 aliphatic heterocycles. The molecule has 4 heteroatoms. The molecule has 1 N–H and O–H groups in total. The van der Waals surface area contributed by atoms with E-state index in [0.717, 1.165) is 5.56 Å². The average Bonchev–Trinajstić information content (AvgIpc) is 2.43. The van der Waals surface area contributed by atoms with Crippen LogP contribution in [-0.2, 0) is 11.3 Å². The van der Waals surface area contributed by atoms with Crippen molar-refractivity contribution in [2.75, 3.05) is 11.5 Å². The Hall–Kier alpha value is -2.49. The normalized spacial score (nSPS) is 13.9. The fourth-order valence-electron chi connectivity index (χ4n) is 2.13. The van der Waals surface area contributed by atoms with Gasteiger partial charge in [-0.25, -0.2) is 0 Å². The van der Waals surface area contributed by atoms with Crippen molar-refractivity contribution in [3.63, 3.8) is 0 Å². The Bertz CT molecular complexity index is 610. The second kappa shape index (κ2) is 4.65. The zero-order valence-corrected chi connectivity index (χ0v) is 10.2. The van der Waals surface area contributed by atoms with Gasteiger partial charge in [-0.1, -0.05) is 30.3 Å². The van der Waals surface area contributed by atoms with Crippen molar-refractivity contribution >= 4 is 11.6 Å². The fourth-order valence-corrected chi connectivity index (χ4v) is 2.13. The van der Waals surface area contributed by atoms with Gasteiger partial charge in [0.2, 0.25) is 0 Å². The summed E-state index contributed by atoms with van der Waals surface area (Å²) in [6, 6.07) is 14.6. The molecule has 2 aromatic carbocycles. The van der Waals surface area contributed by atoms with E-state index in [2.05, 4.69) is 0 Å². The average molecular weight is 255 g/mol. The summed E-state index contributed by atoms with van der Waals surface area (Å²) in [5.74, 6) is 0.588. The molecule has 1 aliphatic rings. The minimum Gasteiger partial charge on any atom is -0.508 e. The van der Waals surface area contributed by atoms with Crippen LogP contribution in [0.5, 0.6) is 11.5 Å². The number of carbonyl (C=O) groups excluding carboxylic acids is 1. The Kier molecular flexibility index (Phi) is 2.83. The van der Waals surface area contributed by atoms with E-state index in [1.54, 1.807) is 17.0 Å². The van der Waals surface area contributed by atoms with E-state index in [1.807, 2.05) is 30.3 Å². The van der Waals surface area contributed by atoms with Crippen LogP contribution in [0.15, 0.2) is 48.5 Å². The van der Waals surface area contributed by atoms with Crippen molar-refractivity contribution < 1.29 is 14.6 Å². The summed E-state index contributed by atoms with van der Waals surface area (Å²) in [5, 5.41) is 9.45. The molecule has 0 saturated carbocycles. The monoisotopic (exact) mass is 255 g/mol. The summed E-state index contributed by atoms with van der Waals surface area (Å²) in [4.78, 5) is 13.7. The largest absolute Gasteiger partial charge is 0.508 e. The van der Waals surface area contributed by atoms with Gasteiger partial charge in [-0.2, -0.15) is 0 Å². The summed E-state index contributed by atoms with van der Waals surface area (Å²) in [5.41, 5.74) is 1.75. The molecule has 19 heavy (non-hydrogen) atoms. The van der Waals surface area contributed by atoms with Crippen LogP contribution < -0.4 is 9.64 Å². The molecule has 1 amide bonds. The SMILES string of the molecule is O=C1COc2cc(O)ccc2N1Cc1ccccc1. The Morgan fingerprint density at radius 2 is 1.95 bits per heavy atom. The molecule has 0 radical (unpaired) electrons. The Morgan fingerprint density at radius 3 is 2.74 bits per heavy atom. The molecule has 4 nitrogen and oxygen atoms in total. The zero-order valence-electron chi connectivity index (χ0n) is 10.2. The lowest BCUT2D eigenvalue weighted by Crippen LogP contribution is -2.38. The number of benzene rings is 2. The topological polar surface area (TPSA) is 49.8 Å². The zero-order chi connectivity index (χ0) is 13.2. The van der Waals surface area contributed by atoms with Crippen molar-refractivity contribution in [3.8, 4) is 11.5 Å². The number of hydrogen-bond donors (Lipinski definition) is 1. The van der Waals surface area contributed by atoms with E-state index in [0.29, 0.717) is 18.0 Å². The Balaban J connectivity index is 1.95. The highest BCUT2D eigenvalue weighted by molar-refractivity contribution is 5.97. The molecule has 0 aromatic heterocycles. The van der Waals surface area contributed by atoms with Crippen molar-refractivity contribution in [1.29, 1.82) is 0 Å². The van der Waals surface area contributed by atoms with Gasteiger partial charge in [0.25, 0.3) is 5.91 Å². The molecule has 0 aliphatic carbocycles. The minimum atomic E-state index is -0.0814. The molecule has 0 saturated heterocycles. The second-order valence-corrected chi connectivity index (χ2v) is 4.41. The Morgan fingerprint density at radius 1 is 1.16 bits per heavy atom. The first-order valence-corrected chi connectivity index (χ1v) is 6.04. The van der Waals surface area contributed by atoms with Crippen molar-refractivity contribution in [2.24, 2.45) is 0 Å². The van der Waals surface area contributed by atoms with Gasteiger partial charge in [0, 0.05) is 6.07 Å². The predicted octanol–water partition coefficient (Wildman–Crippen LogP) is 2.32. The van der Waals surface area contributed by atoms with Crippen molar-refractivity contribution in [1.82, 2.24) is 0 Å². The molecule has 1 heterocycles. The van der Waals surface area contributed by atoms with Crippen LogP contribution in [0.3, 0.4) is 0 Å². The lowest BCUT2D eigenvalue weighted by atomic mass is 10.1. The number of ether oxygens (including phenoxy) is 1. The number of rotatable bonds is 2. The van der Waals surface area contributed by atoms with Crippen molar-refractivity contribution in [2.45, 2.75) is 6.54 Å². The molecule has 2 aromatic rings. The van der Waals surface area contributed by atoms with Crippen LogP contribution in [0.4, 0.5) is 5.69 Å². The smallest absolute Gasteiger partial charge is 0.265 e. The number of carbonyl (C=O) groups is 1. The van der Waals surface area contributed by atoms with E-state index in [1.165, 1.54) is 6.07 Å². The molecule has 0 unspecified atom stereocenters. The van der Waals surface area contributed by atoms with Gasteiger partial charge in [-0.15, -0.1) is 0 Å². The maximum atomic E-state index is 12.0. The highest BCUT2D eigenvalue weighted by Gasteiger charge is 2.25. The van der Waals surface area contributed by atoms with Crippen LogP contribution in [0.2, 0.25) is 0 Å². The summed E-state index contributed by atoms with van der Waals surface area (Å²) in [6.07, 6.45) is 0. The first-order chi connectivity index (χ1) is 9.24. The highest BCUT2D eigenvalue weighted by atomic mass is 16.5. The maximum absolute atomic E-state index is 12.0. The molecular formula is C15H13NO3. The van der Waals surface area contributed by atoms with Gasteiger partial charge in [0.05, 0.1) is 12.2 Å². The minimum absolute atomic E-state index is 0.00326. The van der Waals surface area contributed by atoms with E-state index in [-0.39, 0.29) is 18.3 Å². The predicted molar refractivity (Wildman–Crippen MR) is 71.2 cm³/mol. The number of anilines is 1. The standard InChI is InChI=1S/C15H13NO3/c17-12-6-7-13-14(8-12)19-10-15(18)16(13)9-11-4-2-1-3-5-11/h1-8,17H,9-10H2. The number of nitrogens with zero attached hydrogens (tertiary/aromatic N) is 1. The molecular weight excluding hydrogens is 242 g/mol. The van der Waals surface area contributed by atoms with E-state index < -0.39 is 0 Å². The van der Waals surface area contributed by atoms with Gasteiger partial charge in [-0.3, -0.25) is 4.79 Å². The van der Waals surface area contributed by atoms with Crippen LogP contribution in [0.1, 0.15) is 5.56 Å². The number of phenols is 1. The summed E-state index contributed by atoms with van der Waals surface area (Å²) < 4.78 is 5.33. The third kappa shape index (κ3) is 2.25. The number of fused-ring (bicyclic) bond motifs is 1. The van der Waals surface area contributed by atoms with E-state index in [4.69, 9.17) is 4.74 Å². The van der Waals surface area contributed by atoms with Crippen LogP contribution >= 0.6 is 0 Å². The van der Waals surface area contributed by atoms with Crippen molar-refractivity contribution in [3.05, 3.63) is 54.1 Å². The molecule has 0 spiro atoms. The number of phenolic OH excluding ortho intramolecular Hbond substituents is 1. The van der Waals surface area contributed by atoms with E-state index in [9.17, 15) is 9.90 Å². The molecule has 3 rings (SSSR count).